The molecule has 0 saturated heterocycles. The van der Waals surface area contributed by atoms with E-state index in [1.54, 1.807) is 76.2 Å². The Morgan fingerprint density at radius 3 is 1.18 bits per heavy atom. The molecule has 0 heterocycles. The van der Waals surface area contributed by atoms with E-state index in [9.17, 15) is 45.5 Å². The zero-order valence-corrected chi connectivity index (χ0v) is 25.4. The molecule has 2 aromatic rings. The van der Waals surface area contributed by atoms with Crippen molar-refractivity contribution in [1.29, 1.82) is 0 Å². The van der Waals surface area contributed by atoms with Crippen molar-refractivity contribution >= 4 is 46.5 Å². The normalized spacial score (nSPS) is 13.6. The van der Waals surface area contributed by atoms with Gasteiger partial charge in [-0.2, -0.15) is 26.3 Å². The van der Waals surface area contributed by atoms with Gasteiger partial charge in [0.1, 0.15) is 12.1 Å². The van der Waals surface area contributed by atoms with Crippen LogP contribution in [-0.2, 0) is 19.2 Å². The summed E-state index contributed by atoms with van der Waals surface area (Å²) in [5.41, 5.74) is 0.882. The number of amides is 2. The Balaban J connectivity index is 1.96. The summed E-state index contributed by atoms with van der Waals surface area (Å²) < 4.78 is 74.3. The predicted octanol–water partition coefficient (Wildman–Crippen LogP) is 6.23. The van der Waals surface area contributed by atoms with Gasteiger partial charge < -0.3 is 21.3 Å². The Hall–Kier alpha value is -4.27. The lowest BCUT2D eigenvalue weighted by atomic mass is 10.0. The highest BCUT2D eigenvalue weighted by Crippen LogP contribution is 2.29. The average Bonchev–Trinajstić information content (AvgIpc) is 2.93. The maximum Gasteiger partial charge on any atom is 0.454 e. The molecule has 2 aromatic carbocycles. The van der Waals surface area contributed by atoms with Gasteiger partial charge in [-0.25, -0.2) is 0 Å². The highest BCUT2D eigenvalue weighted by molar-refractivity contribution is 7.99. The standard InChI is InChI=1S/C30H32F6N4O4S/c1-17(2)25(37-15-13-23(41)29(31,32)33)27(43)39-19-5-9-21(10-6-19)45-22-11-7-20(8-12-22)40-28(44)26(18(3)4)38-16-14-24(42)30(34,35)36/h5-18,25-26,37-38H,1-4H3,(H,39,43)(H,40,44)/b15-13+,16-14+. The molecule has 0 aliphatic rings. The summed E-state index contributed by atoms with van der Waals surface area (Å²) in [4.78, 5) is 49.0. The second-order valence-corrected chi connectivity index (χ2v) is 11.4. The molecular weight excluding hydrogens is 626 g/mol. The summed E-state index contributed by atoms with van der Waals surface area (Å²) in [6.07, 6.45) is -7.75. The summed E-state index contributed by atoms with van der Waals surface area (Å²) in [5.74, 6) is -5.72. The molecule has 2 unspecified atom stereocenters. The molecule has 4 N–H and O–H groups in total. The SMILES string of the molecule is CC(C)C(N/C=C/C(=O)C(F)(F)F)C(=O)Nc1ccc(Sc2ccc(NC(=O)C(N/C=C/C(=O)C(F)(F)F)C(C)C)cc2)cc1. The van der Waals surface area contributed by atoms with Gasteiger partial charge in [0, 0.05) is 45.7 Å². The lowest BCUT2D eigenvalue weighted by Crippen LogP contribution is -2.42. The van der Waals surface area contributed by atoms with Gasteiger partial charge in [0.15, 0.2) is 0 Å². The Labute approximate surface area is 260 Å². The second kappa shape index (κ2) is 16.2. The number of carbonyl (C=O) groups excluding carboxylic acids is 4. The number of allylic oxidation sites excluding steroid dienone is 2. The first-order chi connectivity index (χ1) is 20.9. The van der Waals surface area contributed by atoms with Crippen LogP contribution in [0.1, 0.15) is 27.7 Å². The fourth-order valence-electron chi connectivity index (χ4n) is 3.57. The van der Waals surface area contributed by atoms with E-state index in [-0.39, 0.29) is 11.8 Å². The minimum Gasteiger partial charge on any atom is -0.379 e. The molecule has 8 nitrogen and oxygen atoms in total. The van der Waals surface area contributed by atoms with Crippen molar-refractivity contribution in [2.75, 3.05) is 10.6 Å². The van der Waals surface area contributed by atoms with Gasteiger partial charge in [-0.15, -0.1) is 0 Å². The van der Waals surface area contributed by atoms with Crippen molar-refractivity contribution in [3.63, 3.8) is 0 Å². The maximum atomic E-state index is 12.7. The van der Waals surface area contributed by atoms with Crippen LogP contribution in [0.3, 0.4) is 0 Å². The molecule has 244 valence electrons. The molecule has 2 amide bonds. The zero-order valence-electron chi connectivity index (χ0n) is 24.5. The van der Waals surface area contributed by atoms with E-state index in [4.69, 9.17) is 0 Å². The third-order valence-corrected chi connectivity index (χ3v) is 6.97. The molecule has 0 aromatic heterocycles. The van der Waals surface area contributed by atoms with Gasteiger partial charge in [0.2, 0.25) is 11.8 Å². The van der Waals surface area contributed by atoms with Crippen LogP contribution < -0.4 is 21.3 Å². The molecule has 0 radical (unpaired) electrons. The number of hydrogen-bond acceptors (Lipinski definition) is 7. The van der Waals surface area contributed by atoms with Crippen molar-refractivity contribution < 1.29 is 45.5 Å². The number of nitrogens with one attached hydrogen (secondary N) is 4. The van der Waals surface area contributed by atoms with Crippen LogP contribution in [0, 0.1) is 11.8 Å². The third-order valence-electron chi connectivity index (χ3n) is 5.96. The Morgan fingerprint density at radius 1 is 0.600 bits per heavy atom. The summed E-state index contributed by atoms with van der Waals surface area (Å²) in [7, 11) is 0. The first-order valence-electron chi connectivity index (χ1n) is 13.5. The van der Waals surface area contributed by atoms with Gasteiger partial charge in [0.25, 0.3) is 11.6 Å². The van der Waals surface area contributed by atoms with E-state index in [1.807, 2.05) is 0 Å². The van der Waals surface area contributed by atoms with Crippen molar-refractivity contribution in [1.82, 2.24) is 10.6 Å². The maximum absolute atomic E-state index is 12.7. The summed E-state index contributed by atoms with van der Waals surface area (Å²) >= 11 is 1.38. The van der Waals surface area contributed by atoms with Crippen LogP contribution in [0.4, 0.5) is 37.7 Å². The average molecular weight is 659 g/mol. The third kappa shape index (κ3) is 12.3. The molecule has 0 fully saturated rings. The largest absolute Gasteiger partial charge is 0.454 e. The predicted molar refractivity (Wildman–Crippen MR) is 158 cm³/mol. The van der Waals surface area contributed by atoms with Crippen molar-refractivity contribution in [3.8, 4) is 0 Å². The van der Waals surface area contributed by atoms with E-state index in [0.29, 0.717) is 23.5 Å². The first kappa shape index (κ1) is 36.9. The molecule has 0 aliphatic heterocycles. The highest BCUT2D eigenvalue weighted by Gasteiger charge is 2.37. The zero-order chi connectivity index (χ0) is 33.9. The Morgan fingerprint density at radius 2 is 0.911 bits per heavy atom. The number of ketones is 2. The monoisotopic (exact) mass is 658 g/mol. The molecule has 0 aliphatic carbocycles. The van der Waals surface area contributed by atoms with Crippen molar-refractivity contribution in [2.45, 2.75) is 61.9 Å². The number of hydrogen-bond donors (Lipinski definition) is 4. The first-order valence-corrected chi connectivity index (χ1v) is 14.3. The fraction of sp³-hybridized carbons (Fsp3) is 0.333. The van der Waals surface area contributed by atoms with Gasteiger partial charge in [-0.1, -0.05) is 39.5 Å². The lowest BCUT2D eigenvalue weighted by Gasteiger charge is -2.21. The van der Waals surface area contributed by atoms with Crippen LogP contribution in [-0.4, -0.2) is 47.8 Å². The number of alkyl halides is 6. The number of anilines is 2. The summed E-state index contributed by atoms with van der Waals surface area (Å²) in [5, 5.41) is 10.4. The summed E-state index contributed by atoms with van der Waals surface area (Å²) in [6, 6.07) is 11.7. The molecular formula is C30H32F6N4O4S. The van der Waals surface area contributed by atoms with Gasteiger partial charge >= 0.3 is 12.4 Å². The van der Waals surface area contributed by atoms with E-state index in [2.05, 4.69) is 21.3 Å². The highest BCUT2D eigenvalue weighted by atomic mass is 32.2. The number of rotatable bonds is 14. The molecule has 45 heavy (non-hydrogen) atoms. The van der Waals surface area contributed by atoms with E-state index < -0.39 is 47.8 Å². The van der Waals surface area contributed by atoms with Crippen LogP contribution in [0.5, 0.6) is 0 Å². The Kier molecular flexibility index (Phi) is 13.3. The number of benzene rings is 2. The van der Waals surface area contributed by atoms with E-state index >= 15 is 0 Å². The second-order valence-electron chi connectivity index (χ2n) is 10.3. The van der Waals surface area contributed by atoms with Crippen LogP contribution >= 0.6 is 11.8 Å². The van der Waals surface area contributed by atoms with E-state index in [1.165, 1.54) is 11.8 Å². The lowest BCUT2D eigenvalue weighted by molar-refractivity contribution is -0.165. The molecule has 2 atom stereocenters. The smallest absolute Gasteiger partial charge is 0.379 e. The van der Waals surface area contributed by atoms with Crippen LogP contribution in [0.15, 0.2) is 82.9 Å². The number of halogens is 6. The molecule has 0 bridgehead atoms. The van der Waals surface area contributed by atoms with Crippen molar-refractivity contribution in [3.05, 3.63) is 73.1 Å². The summed E-state index contributed by atoms with van der Waals surface area (Å²) in [6.45, 7) is 6.76. The van der Waals surface area contributed by atoms with Gasteiger partial charge in [-0.3, -0.25) is 19.2 Å². The van der Waals surface area contributed by atoms with Crippen LogP contribution in [0.2, 0.25) is 0 Å². The molecule has 2 rings (SSSR count). The fourth-order valence-corrected chi connectivity index (χ4v) is 4.39. The topological polar surface area (TPSA) is 116 Å². The van der Waals surface area contributed by atoms with E-state index in [0.717, 1.165) is 22.2 Å². The minimum absolute atomic E-state index is 0.309. The molecule has 15 heteroatoms. The Bertz CT molecular complexity index is 1280. The number of carbonyl (C=O) groups is 4. The molecule has 0 spiro atoms. The van der Waals surface area contributed by atoms with Crippen LogP contribution in [0.25, 0.3) is 0 Å². The molecule has 0 saturated carbocycles. The van der Waals surface area contributed by atoms with Gasteiger partial charge in [0.05, 0.1) is 0 Å². The van der Waals surface area contributed by atoms with Gasteiger partial charge in [-0.05, 0) is 60.4 Å². The quantitative estimate of drug-likeness (QED) is 0.140. The minimum atomic E-state index is -5.00. The van der Waals surface area contributed by atoms with Crippen molar-refractivity contribution in [2.24, 2.45) is 11.8 Å².